The van der Waals surface area contributed by atoms with Crippen molar-refractivity contribution in [2.75, 3.05) is 19.9 Å². The molecule has 0 aliphatic carbocycles. The topological polar surface area (TPSA) is 77.0 Å². The second-order valence-corrected chi connectivity index (χ2v) is 6.42. The molecule has 6 nitrogen and oxygen atoms in total. The standard InChI is InChI=1S/C13H16ClN5OS/c1-8(12(20)18(2)3)21-13-17-16-11(19(13)15)9-4-6-10(14)7-5-9/h4-8H,15H2,1-3H3. The van der Waals surface area contributed by atoms with Crippen LogP contribution in [0.4, 0.5) is 0 Å². The summed E-state index contributed by atoms with van der Waals surface area (Å²) in [6, 6.07) is 7.16. The molecule has 112 valence electrons. The van der Waals surface area contributed by atoms with Crippen LogP contribution in [0.5, 0.6) is 0 Å². The van der Waals surface area contributed by atoms with E-state index in [-0.39, 0.29) is 11.2 Å². The molecule has 1 aromatic heterocycles. The number of aromatic nitrogens is 3. The molecule has 2 rings (SSSR count). The normalized spacial score (nSPS) is 12.2. The number of carbonyl (C=O) groups excluding carboxylic acids is 1. The van der Waals surface area contributed by atoms with Crippen molar-refractivity contribution in [2.24, 2.45) is 0 Å². The van der Waals surface area contributed by atoms with E-state index in [9.17, 15) is 4.79 Å². The number of hydrogen-bond acceptors (Lipinski definition) is 5. The van der Waals surface area contributed by atoms with Crippen LogP contribution in [0, 0.1) is 0 Å². The molecule has 0 bridgehead atoms. The predicted octanol–water partition coefficient (Wildman–Crippen LogP) is 1.88. The van der Waals surface area contributed by atoms with Gasteiger partial charge in [-0.3, -0.25) is 4.79 Å². The second-order valence-electron chi connectivity index (χ2n) is 4.68. The molecule has 0 saturated heterocycles. The van der Waals surface area contributed by atoms with Gasteiger partial charge in [-0.25, -0.2) is 4.68 Å². The Labute approximate surface area is 132 Å². The van der Waals surface area contributed by atoms with Crippen molar-refractivity contribution in [1.82, 2.24) is 19.8 Å². The summed E-state index contributed by atoms with van der Waals surface area (Å²) >= 11 is 7.13. The molecule has 21 heavy (non-hydrogen) atoms. The van der Waals surface area contributed by atoms with Crippen LogP contribution in [-0.2, 0) is 4.79 Å². The second kappa shape index (κ2) is 6.36. The summed E-state index contributed by atoms with van der Waals surface area (Å²) in [6.45, 7) is 1.81. The summed E-state index contributed by atoms with van der Waals surface area (Å²) in [6.07, 6.45) is 0. The Kier molecular flexibility index (Phi) is 4.74. The van der Waals surface area contributed by atoms with Gasteiger partial charge >= 0.3 is 0 Å². The molecule has 1 unspecified atom stereocenters. The molecule has 1 atom stereocenters. The number of nitrogens with two attached hydrogens (primary N) is 1. The van der Waals surface area contributed by atoms with E-state index in [0.717, 1.165) is 5.56 Å². The minimum atomic E-state index is -0.287. The van der Waals surface area contributed by atoms with Crippen molar-refractivity contribution in [3.63, 3.8) is 0 Å². The smallest absolute Gasteiger partial charge is 0.235 e. The van der Waals surface area contributed by atoms with E-state index in [0.29, 0.717) is 16.0 Å². The lowest BCUT2D eigenvalue weighted by Gasteiger charge is -2.15. The first kappa shape index (κ1) is 15.7. The molecule has 2 N–H and O–H groups in total. The molecule has 2 aromatic rings. The monoisotopic (exact) mass is 325 g/mol. The first-order valence-electron chi connectivity index (χ1n) is 6.24. The van der Waals surface area contributed by atoms with Crippen LogP contribution in [0.2, 0.25) is 5.02 Å². The lowest BCUT2D eigenvalue weighted by molar-refractivity contribution is -0.127. The SMILES string of the molecule is CC(Sc1nnc(-c2ccc(Cl)cc2)n1N)C(=O)N(C)C. The third-order valence-corrected chi connectivity index (χ3v) is 4.13. The van der Waals surface area contributed by atoms with Gasteiger partial charge in [0.2, 0.25) is 11.1 Å². The van der Waals surface area contributed by atoms with E-state index >= 15 is 0 Å². The fraction of sp³-hybridized carbons (Fsp3) is 0.308. The molecule has 0 aliphatic rings. The molecule has 8 heteroatoms. The summed E-state index contributed by atoms with van der Waals surface area (Å²) in [5.41, 5.74) is 0.813. The van der Waals surface area contributed by atoms with Crippen LogP contribution < -0.4 is 5.84 Å². The largest absolute Gasteiger partial charge is 0.348 e. The van der Waals surface area contributed by atoms with Crippen molar-refractivity contribution in [3.8, 4) is 11.4 Å². The highest BCUT2D eigenvalue weighted by molar-refractivity contribution is 8.00. The van der Waals surface area contributed by atoms with Gasteiger partial charge in [-0.05, 0) is 31.2 Å². The fourth-order valence-corrected chi connectivity index (χ4v) is 2.77. The summed E-state index contributed by atoms with van der Waals surface area (Å²) in [4.78, 5) is 13.4. The summed E-state index contributed by atoms with van der Waals surface area (Å²) in [5.74, 6) is 6.53. The van der Waals surface area contributed by atoms with Gasteiger partial charge in [-0.1, -0.05) is 23.4 Å². The van der Waals surface area contributed by atoms with Crippen LogP contribution in [0.25, 0.3) is 11.4 Å². The van der Waals surface area contributed by atoms with Gasteiger partial charge in [-0.2, -0.15) is 0 Å². The van der Waals surface area contributed by atoms with Crippen LogP contribution in [-0.4, -0.2) is 45.0 Å². The molecule has 1 heterocycles. The van der Waals surface area contributed by atoms with E-state index in [1.54, 1.807) is 26.2 Å². The molecule has 1 aromatic carbocycles. The Morgan fingerprint density at radius 3 is 2.52 bits per heavy atom. The van der Waals surface area contributed by atoms with Crippen LogP contribution in [0.15, 0.2) is 29.4 Å². The zero-order chi connectivity index (χ0) is 15.6. The first-order chi connectivity index (χ1) is 9.90. The Morgan fingerprint density at radius 1 is 1.33 bits per heavy atom. The highest BCUT2D eigenvalue weighted by atomic mass is 35.5. The molecule has 1 amide bonds. The number of thioether (sulfide) groups is 1. The third kappa shape index (κ3) is 3.48. The Hall–Kier alpha value is -1.73. The number of hydrogen-bond donors (Lipinski definition) is 1. The minimum absolute atomic E-state index is 0.00366. The van der Waals surface area contributed by atoms with Crippen LogP contribution in [0.1, 0.15) is 6.92 Å². The number of halogens is 1. The van der Waals surface area contributed by atoms with Crippen molar-refractivity contribution < 1.29 is 4.79 Å². The highest BCUT2D eigenvalue weighted by Crippen LogP contribution is 2.25. The number of amides is 1. The Balaban J connectivity index is 2.21. The average molecular weight is 326 g/mol. The van der Waals surface area contributed by atoms with Gasteiger partial charge in [-0.15, -0.1) is 10.2 Å². The maximum Gasteiger partial charge on any atom is 0.235 e. The molecule has 0 radical (unpaired) electrons. The molecular formula is C13H16ClN5OS. The average Bonchev–Trinajstić information content (AvgIpc) is 2.80. The molecular weight excluding hydrogens is 310 g/mol. The van der Waals surface area contributed by atoms with Gasteiger partial charge in [0.15, 0.2) is 5.82 Å². The van der Waals surface area contributed by atoms with Crippen LogP contribution in [0.3, 0.4) is 0 Å². The van der Waals surface area contributed by atoms with Crippen molar-refractivity contribution in [1.29, 1.82) is 0 Å². The highest BCUT2D eigenvalue weighted by Gasteiger charge is 2.20. The summed E-state index contributed by atoms with van der Waals surface area (Å²) < 4.78 is 1.38. The van der Waals surface area contributed by atoms with Gasteiger partial charge in [0, 0.05) is 24.7 Å². The zero-order valence-corrected chi connectivity index (χ0v) is 13.5. The lowest BCUT2D eigenvalue weighted by atomic mass is 10.2. The van der Waals surface area contributed by atoms with E-state index in [2.05, 4.69) is 10.2 Å². The molecule has 0 spiro atoms. The lowest BCUT2D eigenvalue weighted by Crippen LogP contribution is -2.30. The third-order valence-electron chi connectivity index (χ3n) is 2.84. The number of rotatable bonds is 4. The summed E-state index contributed by atoms with van der Waals surface area (Å²) in [7, 11) is 3.43. The van der Waals surface area contributed by atoms with E-state index in [4.69, 9.17) is 17.4 Å². The molecule has 0 saturated carbocycles. The van der Waals surface area contributed by atoms with Gasteiger partial charge < -0.3 is 10.7 Å². The Bertz CT molecular complexity index is 641. The quantitative estimate of drug-likeness (QED) is 0.686. The summed E-state index contributed by atoms with van der Waals surface area (Å²) in [5, 5.41) is 8.96. The van der Waals surface area contributed by atoms with E-state index in [1.807, 2.05) is 19.1 Å². The number of nitrogen functional groups attached to an aromatic ring is 1. The zero-order valence-electron chi connectivity index (χ0n) is 11.9. The van der Waals surface area contributed by atoms with E-state index in [1.165, 1.54) is 21.3 Å². The number of benzene rings is 1. The van der Waals surface area contributed by atoms with Crippen molar-refractivity contribution in [3.05, 3.63) is 29.3 Å². The van der Waals surface area contributed by atoms with Crippen LogP contribution >= 0.6 is 23.4 Å². The molecule has 0 aliphatic heterocycles. The molecule has 0 fully saturated rings. The van der Waals surface area contributed by atoms with Crippen molar-refractivity contribution >= 4 is 29.3 Å². The first-order valence-corrected chi connectivity index (χ1v) is 7.50. The number of nitrogens with zero attached hydrogens (tertiary/aromatic N) is 4. The predicted molar refractivity (Wildman–Crippen MR) is 84.6 cm³/mol. The maximum absolute atomic E-state index is 11.9. The van der Waals surface area contributed by atoms with Gasteiger partial charge in [0.25, 0.3) is 0 Å². The maximum atomic E-state index is 11.9. The van der Waals surface area contributed by atoms with E-state index < -0.39 is 0 Å². The van der Waals surface area contributed by atoms with Crippen molar-refractivity contribution in [2.45, 2.75) is 17.3 Å². The number of carbonyl (C=O) groups is 1. The minimum Gasteiger partial charge on any atom is -0.348 e. The van der Waals surface area contributed by atoms with Gasteiger partial charge in [0.05, 0.1) is 5.25 Å². The fourth-order valence-electron chi connectivity index (χ4n) is 1.73. The van der Waals surface area contributed by atoms with Gasteiger partial charge in [0.1, 0.15) is 0 Å². The Morgan fingerprint density at radius 2 is 1.95 bits per heavy atom.